The first-order chi connectivity index (χ1) is 8.16. The molecule has 0 aromatic heterocycles. The predicted molar refractivity (Wildman–Crippen MR) is 69.8 cm³/mol. The van der Waals surface area contributed by atoms with Crippen LogP contribution in [0.15, 0.2) is 24.3 Å². The van der Waals surface area contributed by atoms with E-state index in [2.05, 4.69) is 18.0 Å². The largest absolute Gasteiger partial charge is 0.508 e. The highest BCUT2D eigenvalue weighted by atomic mass is 16.3. The van der Waals surface area contributed by atoms with Crippen molar-refractivity contribution in [2.75, 3.05) is 13.6 Å². The molecule has 0 radical (unpaired) electrons. The molecule has 1 fully saturated rings. The van der Waals surface area contributed by atoms with Gasteiger partial charge in [0.25, 0.3) is 0 Å². The van der Waals surface area contributed by atoms with Crippen molar-refractivity contribution in [1.82, 2.24) is 4.90 Å². The lowest BCUT2D eigenvalue weighted by atomic mass is 9.95. The van der Waals surface area contributed by atoms with Crippen LogP contribution in [0.5, 0.6) is 5.75 Å². The highest BCUT2D eigenvalue weighted by Crippen LogP contribution is 2.34. The lowest BCUT2D eigenvalue weighted by Gasteiger charge is -2.38. The van der Waals surface area contributed by atoms with Crippen LogP contribution in [0, 0.1) is 0 Å². The molecule has 1 aliphatic carbocycles. The minimum atomic E-state index is 0.172. The van der Waals surface area contributed by atoms with Gasteiger partial charge in [-0.3, -0.25) is 4.90 Å². The number of phenolic OH excluding ortho intramolecular Hbond substituents is 1. The lowest BCUT2D eigenvalue weighted by Crippen LogP contribution is -2.49. The zero-order valence-corrected chi connectivity index (χ0v) is 10.5. The molecule has 1 aliphatic rings. The Labute approximate surface area is 103 Å². The van der Waals surface area contributed by atoms with Crippen LogP contribution < -0.4 is 5.73 Å². The second-order valence-corrected chi connectivity index (χ2v) is 5.16. The van der Waals surface area contributed by atoms with Crippen molar-refractivity contribution >= 4 is 0 Å². The van der Waals surface area contributed by atoms with Crippen molar-refractivity contribution in [3.63, 3.8) is 0 Å². The molecule has 0 atom stereocenters. The van der Waals surface area contributed by atoms with Gasteiger partial charge in [0.2, 0.25) is 0 Å². The van der Waals surface area contributed by atoms with E-state index in [1.54, 1.807) is 6.07 Å². The van der Waals surface area contributed by atoms with Crippen LogP contribution in [0.2, 0.25) is 0 Å². The highest BCUT2D eigenvalue weighted by molar-refractivity contribution is 5.27. The van der Waals surface area contributed by atoms with Crippen molar-refractivity contribution in [3.05, 3.63) is 29.8 Å². The lowest BCUT2D eigenvalue weighted by molar-refractivity contribution is 0.124. The minimum absolute atomic E-state index is 0.172. The summed E-state index contributed by atoms with van der Waals surface area (Å²) in [5.41, 5.74) is 7.28. The van der Waals surface area contributed by atoms with E-state index in [9.17, 15) is 5.11 Å². The number of aromatic hydroxyl groups is 1. The van der Waals surface area contributed by atoms with E-state index >= 15 is 0 Å². The zero-order chi connectivity index (χ0) is 12.3. The van der Waals surface area contributed by atoms with Crippen molar-refractivity contribution in [2.24, 2.45) is 5.73 Å². The molecule has 3 N–H and O–H groups in total. The summed E-state index contributed by atoms with van der Waals surface area (Å²) in [6.07, 6.45) is 4.95. The molecule has 17 heavy (non-hydrogen) atoms. The molecular formula is C14H22N2O. The van der Waals surface area contributed by atoms with Gasteiger partial charge in [-0.15, -0.1) is 0 Å². The van der Waals surface area contributed by atoms with Crippen LogP contribution >= 0.6 is 0 Å². The first-order valence-electron chi connectivity index (χ1n) is 6.35. The number of phenols is 1. The Hall–Kier alpha value is -1.06. The molecule has 3 nitrogen and oxygen atoms in total. The second kappa shape index (κ2) is 5.07. The summed E-state index contributed by atoms with van der Waals surface area (Å²) < 4.78 is 0. The van der Waals surface area contributed by atoms with Crippen molar-refractivity contribution in [3.8, 4) is 5.75 Å². The van der Waals surface area contributed by atoms with Crippen molar-refractivity contribution in [1.29, 1.82) is 0 Å². The molecule has 0 bridgehead atoms. The fourth-order valence-electron chi connectivity index (χ4n) is 2.87. The third kappa shape index (κ3) is 2.61. The summed E-state index contributed by atoms with van der Waals surface area (Å²) in [7, 11) is 2.14. The van der Waals surface area contributed by atoms with Crippen molar-refractivity contribution < 1.29 is 5.11 Å². The van der Waals surface area contributed by atoms with Gasteiger partial charge in [0.05, 0.1) is 0 Å². The van der Waals surface area contributed by atoms with Gasteiger partial charge in [-0.25, -0.2) is 0 Å². The fraction of sp³-hybridized carbons (Fsp3) is 0.571. The molecule has 0 amide bonds. The average molecular weight is 234 g/mol. The maximum Gasteiger partial charge on any atom is 0.115 e. The first-order valence-corrected chi connectivity index (χ1v) is 6.35. The standard InChI is InChI=1S/C14H22N2O/c1-16(14(11-15)7-2-3-8-14)10-12-5-4-6-13(17)9-12/h4-6,9,17H,2-3,7-8,10-11,15H2,1H3. The number of nitrogens with two attached hydrogens (primary N) is 1. The van der Waals surface area contributed by atoms with E-state index in [4.69, 9.17) is 5.73 Å². The monoisotopic (exact) mass is 234 g/mol. The van der Waals surface area contributed by atoms with Gasteiger partial charge in [-0.1, -0.05) is 25.0 Å². The second-order valence-electron chi connectivity index (χ2n) is 5.16. The Bertz CT molecular complexity index is 372. The summed E-state index contributed by atoms with van der Waals surface area (Å²) in [6, 6.07) is 7.48. The molecule has 3 heteroatoms. The predicted octanol–water partition coefficient (Wildman–Crippen LogP) is 2.10. The summed E-state index contributed by atoms with van der Waals surface area (Å²) in [6.45, 7) is 1.58. The molecule has 1 aromatic carbocycles. The summed E-state index contributed by atoms with van der Waals surface area (Å²) in [5, 5.41) is 9.47. The summed E-state index contributed by atoms with van der Waals surface area (Å²) >= 11 is 0. The maximum atomic E-state index is 9.47. The first kappa shape index (κ1) is 12.4. The van der Waals surface area contributed by atoms with Gasteiger partial charge >= 0.3 is 0 Å². The number of nitrogens with zero attached hydrogens (tertiary/aromatic N) is 1. The maximum absolute atomic E-state index is 9.47. The van der Waals surface area contributed by atoms with Gasteiger partial charge < -0.3 is 10.8 Å². The molecule has 2 rings (SSSR count). The topological polar surface area (TPSA) is 49.5 Å². The molecule has 1 saturated carbocycles. The van der Waals surface area contributed by atoms with Crippen LogP contribution in [0.25, 0.3) is 0 Å². The van der Waals surface area contributed by atoms with Gasteiger partial charge in [0.15, 0.2) is 0 Å². The van der Waals surface area contributed by atoms with Crippen LogP contribution in [0.1, 0.15) is 31.2 Å². The normalized spacial score (nSPS) is 18.8. The SMILES string of the molecule is CN(Cc1cccc(O)c1)C1(CN)CCCC1. The highest BCUT2D eigenvalue weighted by Gasteiger charge is 2.36. The molecule has 1 aromatic rings. The van der Waals surface area contributed by atoms with Gasteiger partial charge in [0.1, 0.15) is 5.75 Å². The fourth-order valence-corrected chi connectivity index (χ4v) is 2.87. The van der Waals surface area contributed by atoms with Crippen LogP contribution in [-0.4, -0.2) is 29.1 Å². The Morgan fingerprint density at radius 1 is 1.35 bits per heavy atom. The molecule has 0 heterocycles. The van der Waals surface area contributed by atoms with E-state index in [0.717, 1.165) is 18.7 Å². The number of benzene rings is 1. The van der Waals surface area contributed by atoms with E-state index in [-0.39, 0.29) is 5.54 Å². The minimum Gasteiger partial charge on any atom is -0.508 e. The zero-order valence-electron chi connectivity index (χ0n) is 10.5. The Balaban J connectivity index is 2.07. The molecule has 94 valence electrons. The molecule has 0 saturated heterocycles. The third-order valence-corrected chi connectivity index (χ3v) is 4.05. The van der Waals surface area contributed by atoms with E-state index in [0.29, 0.717) is 5.75 Å². The number of rotatable bonds is 4. The average Bonchev–Trinajstić information content (AvgIpc) is 2.78. The number of hydrogen-bond donors (Lipinski definition) is 2. The van der Waals surface area contributed by atoms with E-state index in [1.165, 1.54) is 25.7 Å². The summed E-state index contributed by atoms with van der Waals surface area (Å²) in [5.74, 6) is 0.337. The third-order valence-electron chi connectivity index (χ3n) is 4.05. The van der Waals surface area contributed by atoms with E-state index in [1.807, 2.05) is 12.1 Å². The Kier molecular flexibility index (Phi) is 3.69. The smallest absolute Gasteiger partial charge is 0.115 e. The van der Waals surface area contributed by atoms with Gasteiger partial charge in [-0.05, 0) is 37.6 Å². The van der Waals surface area contributed by atoms with Crippen LogP contribution in [-0.2, 0) is 6.54 Å². The molecular weight excluding hydrogens is 212 g/mol. The van der Waals surface area contributed by atoms with Crippen LogP contribution in [0.3, 0.4) is 0 Å². The van der Waals surface area contributed by atoms with Crippen molar-refractivity contribution in [2.45, 2.75) is 37.8 Å². The number of likely N-dealkylation sites (N-methyl/N-ethyl adjacent to an activating group) is 1. The molecule has 0 spiro atoms. The Morgan fingerprint density at radius 2 is 2.06 bits per heavy atom. The summed E-state index contributed by atoms with van der Waals surface area (Å²) in [4.78, 5) is 2.36. The van der Waals surface area contributed by atoms with E-state index < -0.39 is 0 Å². The molecule has 0 aliphatic heterocycles. The van der Waals surface area contributed by atoms with Crippen LogP contribution in [0.4, 0.5) is 0 Å². The Morgan fingerprint density at radius 3 is 2.65 bits per heavy atom. The quantitative estimate of drug-likeness (QED) is 0.838. The van der Waals surface area contributed by atoms with Gasteiger partial charge in [-0.2, -0.15) is 0 Å². The van der Waals surface area contributed by atoms with Gasteiger partial charge in [0, 0.05) is 18.6 Å². The molecule has 0 unspecified atom stereocenters. The number of hydrogen-bond acceptors (Lipinski definition) is 3.